The molecule has 0 aliphatic carbocycles. The van der Waals surface area contributed by atoms with E-state index in [2.05, 4.69) is 5.32 Å². The molecule has 0 bridgehead atoms. The van der Waals surface area contributed by atoms with Crippen molar-refractivity contribution in [1.29, 1.82) is 0 Å². The summed E-state index contributed by atoms with van der Waals surface area (Å²) < 4.78 is 15.9. The fourth-order valence-electron chi connectivity index (χ4n) is 2.56. The van der Waals surface area contributed by atoms with Gasteiger partial charge in [0.25, 0.3) is 0 Å². The van der Waals surface area contributed by atoms with Crippen molar-refractivity contribution in [3.05, 3.63) is 53.6 Å². The molecule has 0 atom stereocenters. The van der Waals surface area contributed by atoms with Crippen LogP contribution < -0.4 is 19.5 Å². The molecule has 0 aromatic heterocycles. The van der Waals surface area contributed by atoms with Gasteiger partial charge >= 0.3 is 0 Å². The molecule has 126 valence electrons. The van der Waals surface area contributed by atoms with Crippen LogP contribution in [-0.4, -0.2) is 19.8 Å². The average Bonchev–Trinajstić information content (AvgIpc) is 3.07. The van der Waals surface area contributed by atoms with Gasteiger partial charge in [-0.05, 0) is 49.2 Å². The maximum Gasteiger partial charge on any atom is 0.231 e. The Balaban J connectivity index is 1.68. The molecular weight excluding hydrogens is 306 g/mol. The summed E-state index contributed by atoms with van der Waals surface area (Å²) in [6.07, 6.45) is 0. The summed E-state index contributed by atoms with van der Waals surface area (Å²) in [6, 6.07) is 13.3. The normalized spacial score (nSPS) is 12.8. The number of hydrogen-bond acceptors (Lipinski definition) is 4. The van der Waals surface area contributed by atoms with E-state index in [1.54, 1.807) is 7.11 Å². The minimum absolute atomic E-state index is 0.0443. The monoisotopic (exact) mass is 327 g/mol. The molecule has 0 spiro atoms. The summed E-state index contributed by atoms with van der Waals surface area (Å²) in [7, 11) is 1.63. The van der Waals surface area contributed by atoms with Crippen molar-refractivity contribution in [3.8, 4) is 17.2 Å². The molecule has 5 nitrogen and oxygen atoms in total. The van der Waals surface area contributed by atoms with Gasteiger partial charge in [0.15, 0.2) is 11.5 Å². The first-order valence-electron chi connectivity index (χ1n) is 7.82. The van der Waals surface area contributed by atoms with Crippen LogP contribution in [0, 0.1) is 0 Å². The molecular formula is C19H21NO4. The van der Waals surface area contributed by atoms with E-state index in [1.807, 2.05) is 56.3 Å². The highest BCUT2D eigenvalue weighted by Gasteiger charge is 2.31. The number of rotatable bonds is 5. The largest absolute Gasteiger partial charge is 0.497 e. The third-order valence-electron chi connectivity index (χ3n) is 4.27. The summed E-state index contributed by atoms with van der Waals surface area (Å²) in [6.45, 7) is 4.49. The minimum atomic E-state index is -0.673. The van der Waals surface area contributed by atoms with Gasteiger partial charge in [0.2, 0.25) is 12.7 Å². The second-order valence-electron chi connectivity index (χ2n) is 6.22. The van der Waals surface area contributed by atoms with Crippen LogP contribution in [0.1, 0.15) is 25.0 Å². The first kappa shape index (κ1) is 16.2. The molecule has 1 aliphatic rings. The lowest BCUT2D eigenvalue weighted by molar-refractivity contribution is -0.125. The molecule has 24 heavy (non-hydrogen) atoms. The molecule has 1 heterocycles. The Morgan fingerprint density at radius 1 is 1.12 bits per heavy atom. The number of benzene rings is 2. The lowest BCUT2D eigenvalue weighted by atomic mass is 9.83. The SMILES string of the molecule is COc1ccc(CNC(=O)C(C)(C)c2ccc3c(c2)OCO3)cc1. The van der Waals surface area contributed by atoms with Crippen molar-refractivity contribution in [3.63, 3.8) is 0 Å². The van der Waals surface area contributed by atoms with Crippen molar-refractivity contribution >= 4 is 5.91 Å². The van der Waals surface area contributed by atoms with E-state index in [0.717, 1.165) is 16.9 Å². The summed E-state index contributed by atoms with van der Waals surface area (Å²) in [5.41, 5.74) is 1.23. The van der Waals surface area contributed by atoms with Gasteiger partial charge in [-0.15, -0.1) is 0 Å². The van der Waals surface area contributed by atoms with Crippen LogP contribution in [0.25, 0.3) is 0 Å². The molecule has 0 fully saturated rings. The number of carbonyl (C=O) groups excluding carboxylic acids is 1. The van der Waals surface area contributed by atoms with Gasteiger partial charge in [0.05, 0.1) is 12.5 Å². The Kier molecular flexibility index (Phi) is 4.34. The van der Waals surface area contributed by atoms with E-state index in [-0.39, 0.29) is 12.7 Å². The number of methoxy groups -OCH3 is 1. The molecule has 0 saturated carbocycles. The molecule has 1 aliphatic heterocycles. The Labute approximate surface area is 141 Å². The number of amides is 1. The molecule has 1 N–H and O–H groups in total. The highest BCUT2D eigenvalue weighted by Crippen LogP contribution is 2.36. The van der Waals surface area contributed by atoms with Crippen molar-refractivity contribution in [2.75, 3.05) is 13.9 Å². The Morgan fingerprint density at radius 3 is 2.54 bits per heavy atom. The highest BCUT2D eigenvalue weighted by atomic mass is 16.7. The van der Waals surface area contributed by atoms with Gasteiger partial charge in [0, 0.05) is 6.54 Å². The van der Waals surface area contributed by atoms with E-state index in [0.29, 0.717) is 18.0 Å². The molecule has 0 saturated heterocycles. The first-order valence-corrected chi connectivity index (χ1v) is 7.82. The lowest BCUT2D eigenvalue weighted by Crippen LogP contribution is -2.39. The predicted octanol–water partition coefficient (Wildman–Crippen LogP) is 3.02. The number of nitrogens with one attached hydrogen (secondary N) is 1. The molecule has 3 rings (SSSR count). The van der Waals surface area contributed by atoms with Gasteiger partial charge in [-0.1, -0.05) is 18.2 Å². The molecule has 1 amide bonds. The molecule has 2 aromatic carbocycles. The van der Waals surface area contributed by atoms with E-state index in [1.165, 1.54) is 0 Å². The molecule has 0 unspecified atom stereocenters. The quantitative estimate of drug-likeness (QED) is 0.917. The van der Waals surface area contributed by atoms with E-state index in [4.69, 9.17) is 14.2 Å². The van der Waals surface area contributed by atoms with Gasteiger partial charge < -0.3 is 19.5 Å². The number of fused-ring (bicyclic) bond motifs is 1. The molecule has 0 radical (unpaired) electrons. The molecule has 2 aromatic rings. The van der Waals surface area contributed by atoms with Crippen LogP contribution in [0.4, 0.5) is 0 Å². The van der Waals surface area contributed by atoms with Gasteiger partial charge in [-0.25, -0.2) is 0 Å². The van der Waals surface area contributed by atoms with Crippen molar-refractivity contribution in [1.82, 2.24) is 5.32 Å². The van der Waals surface area contributed by atoms with Gasteiger partial charge in [-0.2, -0.15) is 0 Å². The minimum Gasteiger partial charge on any atom is -0.497 e. The number of hydrogen-bond donors (Lipinski definition) is 1. The fourth-order valence-corrected chi connectivity index (χ4v) is 2.56. The van der Waals surface area contributed by atoms with Crippen LogP contribution in [0.3, 0.4) is 0 Å². The van der Waals surface area contributed by atoms with Gasteiger partial charge in [0.1, 0.15) is 5.75 Å². The van der Waals surface area contributed by atoms with Crippen molar-refractivity contribution < 1.29 is 19.0 Å². The zero-order valence-electron chi connectivity index (χ0n) is 14.1. The van der Waals surface area contributed by atoms with Gasteiger partial charge in [-0.3, -0.25) is 4.79 Å². The maximum absolute atomic E-state index is 12.7. The summed E-state index contributed by atoms with van der Waals surface area (Å²) >= 11 is 0. The number of carbonyl (C=O) groups is 1. The predicted molar refractivity (Wildman–Crippen MR) is 90.4 cm³/mol. The fraction of sp³-hybridized carbons (Fsp3) is 0.316. The van der Waals surface area contributed by atoms with Crippen molar-refractivity contribution in [2.45, 2.75) is 25.8 Å². The van der Waals surface area contributed by atoms with E-state index < -0.39 is 5.41 Å². The Morgan fingerprint density at radius 2 is 1.83 bits per heavy atom. The Bertz CT molecular complexity index is 738. The Hall–Kier alpha value is -2.69. The highest BCUT2D eigenvalue weighted by molar-refractivity contribution is 5.87. The summed E-state index contributed by atoms with van der Waals surface area (Å²) in [5, 5.41) is 2.99. The average molecular weight is 327 g/mol. The summed E-state index contributed by atoms with van der Waals surface area (Å²) in [4.78, 5) is 12.7. The van der Waals surface area contributed by atoms with Crippen LogP contribution in [0.2, 0.25) is 0 Å². The standard InChI is InChI=1S/C19H21NO4/c1-19(2,14-6-9-16-17(10-14)24-12-23-16)18(21)20-11-13-4-7-15(22-3)8-5-13/h4-10H,11-12H2,1-3H3,(H,20,21). The maximum atomic E-state index is 12.7. The topological polar surface area (TPSA) is 56.8 Å². The van der Waals surface area contributed by atoms with E-state index >= 15 is 0 Å². The first-order chi connectivity index (χ1) is 11.5. The van der Waals surface area contributed by atoms with Crippen LogP contribution >= 0.6 is 0 Å². The zero-order valence-corrected chi connectivity index (χ0v) is 14.1. The smallest absolute Gasteiger partial charge is 0.231 e. The third-order valence-corrected chi connectivity index (χ3v) is 4.27. The second kappa shape index (κ2) is 6.43. The lowest BCUT2D eigenvalue weighted by Gasteiger charge is -2.24. The van der Waals surface area contributed by atoms with Crippen LogP contribution in [0.5, 0.6) is 17.2 Å². The molecule has 5 heteroatoms. The van der Waals surface area contributed by atoms with Crippen LogP contribution in [0.15, 0.2) is 42.5 Å². The third kappa shape index (κ3) is 3.15. The zero-order chi connectivity index (χ0) is 17.2. The van der Waals surface area contributed by atoms with Crippen LogP contribution in [-0.2, 0) is 16.8 Å². The second-order valence-corrected chi connectivity index (χ2v) is 6.22. The summed E-state index contributed by atoms with van der Waals surface area (Å²) in [5.74, 6) is 2.15. The van der Waals surface area contributed by atoms with E-state index in [9.17, 15) is 4.79 Å². The number of ether oxygens (including phenoxy) is 3. The van der Waals surface area contributed by atoms with Crippen molar-refractivity contribution in [2.24, 2.45) is 0 Å².